The molecule has 0 unspecified atom stereocenters. The van der Waals surface area contributed by atoms with Gasteiger partial charge in [0.15, 0.2) is 29.8 Å². The topological polar surface area (TPSA) is 711 Å². The number of hydrogen-bond acceptors (Lipinski definition) is 18. The van der Waals surface area contributed by atoms with Crippen LogP contribution in [0.25, 0.3) is 0 Å². The van der Waals surface area contributed by atoms with E-state index in [9.17, 15) is 43.2 Å². The SMILES string of the molecule is C[C@H](CCCNC(=N)N)C(=O)N[C@H](CCCCC(=N)N)C(=O)N[C@H](CCCNC(=N)N)C(=O)N[C@H](CCCCC(=N)N)C(=O)N[C@H](CCCNC(=N)N)C(=O)N[C@H](CCCCNC(=N)N)C(=O)N[C@H](CCCNC(=N)N)C(=O)N[C@H](CS)C(=O)N[C@H](CCCCN)C(N)=O. The second-order valence-corrected chi connectivity index (χ2v) is 22.9. The number of hydrogen-bond donors (Lipinski definition) is 30. The van der Waals surface area contributed by atoms with Gasteiger partial charge in [-0.05, 0) is 122 Å². The maximum atomic E-state index is 14.8. The monoisotopic (exact) mass is 1350 g/mol. The van der Waals surface area contributed by atoms with E-state index in [4.69, 9.17) is 89.5 Å². The highest BCUT2D eigenvalue weighted by atomic mass is 32.1. The summed E-state index contributed by atoms with van der Waals surface area (Å²) in [5.41, 5.74) is 49.8. The third-order valence-corrected chi connectivity index (χ3v) is 14.7. The van der Waals surface area contributed by atoms with Gasteiger partial charge in [0.1, 0.15) is 48.3 Å². The van der Waals surface area contributed by atoms with Crippen molar-refractivity contribution < 1.29 is 43.2 Å². The van der Waals surface area contributed by atoms with Gasteiger partial charge in [-0.1, -0.05) is 19.8 Å². The molecular weight excluding hydrogens is 1240 g/mol. The largest absolute Gasteiger partial charge is 0.388 e. The van der Waals surface area contributed by atoms with E-state index in [-0.39, 0.29) is 164 Å². The number of primary amides is 1. The first kappa shape index (κ1) is 84.8. The Labute approximate surface area is 554 Å². The van der Waals surface area contributed by atoms with Gasteiger partial charge in [0, 0.05) is 57.2 Å². The average molecular weight is 1350 g/mol. The Bertz CT molecular complexity index is 2500. The average Bonchev–Trinajstić information content (AvgIpc) is 0.966. The third-order valence-electron chi connectivity index (χ3n) is 14.4. The molecule has 0 aliphatic rings. The molecule has 0 spiro atoms. The number of carbonyl (C=O) groups excluding carboxylic acids is 9. The molecule has 9 amide bonds. The molecule has 0 aromatic carbocycles. The minimum atomic E-state index is -1.49. The maximum absolute atomic E-state index is 14.8. The lowest BCUT2D eigenvalue weighted by Gasteiger charge is -2.28. The van der Waals surface area contributed by atoms with E-state index in [0.717, 1.165) is 0 Å². The Hall–Kier alpha value is -9.17. The van der Waals surface area contributed by atoms with Gasteiger partial charge < -0.3 is 121 Å². The van der Waals surface area contributed by atoms with E-state index < -0.39 is 113 Å². The molecule has 0 radical (unpaired) electrons. The molecule has 0 aromatic heterocycles. The van der Waals surface area contributed by atoms with E-state index in [1.54, 1.807) is 6.92 Å². The van der Waals surface area contributed by atoms with Gasteiger partial charge in [0.2, 0.25) is 53.2 Å². The van der Waals surface area contributed by atoms with Gasteiger partial charge in [-0.15, -0.1) is 0 Å². The number of carbonyl (C=O) groups is 9. The molecule has 0 fully saturated rings. The Balaban J connectivity index is 7.50. The summed E-state index contributed by atoms with van der Waals surface area (Å²) in [7, 11) is 0. The number of guanidine groups is 5. The van der Waals surface area contributed by atoms with E-state index in [1.807, 2.05) is 0 Å². The molecule has 0 aromatic rings. The number of thiol groups is 1. The smallest absolute Gasteiger partial charge is 0.244 e. The van der Waals surface area contributed by atoms with Crippen molar-refractivity contribution in [2.75, 3.05) is 45.0 Å². The Morgan fingerprint density at radius 2 is 0.543 bits per heavy atom. The van der Waals surface area contributed by atoms with E-state index in [2.05, 4.69) is 81.7 Å². The minimum Gasteiger partial charge on any atom is -0.388 e. The third kappa shape index (κ3) is 41.3. The second kappa shape index (κ2) is 49.5. The van der Waals surface area contributed by atoms with Crippen molar-refractivity contribution in [3.63, 3.8) is 0 Å². The molecule has 0 heterocycles. The fourth-order valence-corrected chi connectivity index (χ4v) is 9.44. The minimum absolute atomic E-state index is 0.0286. The summed E-state index contributed by atoms with van der Waals surface area (Å²) in [6.07, 6.45) is 3.85. The van der Waals surface area contributed by atoms with Crippen molar-refractivity contribution in [1.82, 2.24) is 69.1 Å². The van der Waals surface area contributed by atoms with E-state index in [1.165, 1.54) is 0 Å². The highest BCUT2D eigenvalue weighted by Crippen LogP contribution is 2.14. The molecule has 0 saturated carbocycles. The lowest BCUT2D eigenvalue weighted by molar-refractivity contribution is -0.136. The lowest BCUT2D eigenvalue weighted by atomic mass is 10.0. The molecule has 9 atom stereocenters. The van der Waals surface area contributed by atoms with Crippen LogP contribution < -0.4 is 121 Å². The van der Waals surface area contributed by atoms with Gasteiger partial charge in [-0.2, -0.15) is 12.6 Å². The molecule has 94 heavy (non-hydrogen) atoms. The summed E-state index contributed by atoms with van der Waals surface area (Å²) in [6.45, 7) is 2.66. The van der Waals surface area contributed by atoms with Gasteiger partial charge >= 0.3 is 0 Å². The summed E-state index contributed by atoms with van der Waals surface area (Å²) in [4.78, 5) is 126. The molecule has 0 bridgehead atoms. The first-order valence-corrected chi connectivity index (χ1v) is 32.1. The zero-order valence-corrected chi connectivity index (χ0v) is 54.9. The highest BCUT2D eigenvalue weighted by molar-refractivity contribution is 7.80. The van der Waals surface area contributed by atoms with Gasteiger partial charge in [-0.25, -0.2) is 0 Å². The molecule has 38 N–H and O–H groups in total. The molecular formula is C55H109N29O9S. The fourth-order valence-electron chi connectivity index (χ4n) is 9.18. The standard InChI is InChI=1S/C55H109N29O9S/c1-31(14-10-26-73-52(64)65)43(86)78-33(16-2-4-22-40(57)58)44(87)81-36(19-11-27-74-53(66)67)47(90)79-34(17-3-5-23-41(59)60)45(88)82-37(20-12-28-75-54(68)69)48(91)80-35(18-7-9-25-72-51(62)63)46(89)83-38(21-13-29-76-55(70)71)49(92)84-39(30-94)50(93)77-32(42(61)85)15-6-8-24-56/h31-39,94H,2-30,56H2,1H3,(H3,57,58)(H3,59,60)(H2,61,85)(H,77,93)(H,78,86)(H,79,90)(H,80,91)(H,81,87)(H,82,88)(H,83,89)(H,84,92)(H4,62,63,72)(H4,64,65,73)(H4,66,67,74)(H4,68,69,75)(H4,70,71,76)/t31-,32-,33-,34-,35-,36-,37-,38-,39-/m1/s1. The molecule has 39 heteroatoms. The molecule has 0 aliphatic carbocycles. The van der Waals surface area contributed by atoms with Crippen LogP contribution in [-0.4, -0.2) is 188 Å². The van der Waals surface area contributed by atoms with Gasteiger partial charge in [-0.3, -0.25) is 81.0 Å². The zero-order valence-electron chi connectivity index (χ0n) is 54.0. The Kier molecular flexibility index (Phi) is 44.6. The predicted molar refractivity (Wildman–Crippen MR) is 362 cm³/mol. The first-order chi connectivity index (χ1) is 44.4. The van der Waals surface area contributed by atoms with Crippen LogP contribution in [0.15, 0.2) is 0 Å². The maximum Gasteiger partial charge on any atom is 0.244 e. The van der Waals surface area contributed by atoms with Gasteiger partial charge in [0.25, 0.3) is 0 Å². The van der Waals surface area contributed by atoms with Crippen molar-refractivity contribution in [2.45, 2.75) is 197 Å². The van der Waals surface area contributed by atoms with E-state index in [0.29, 0.717) is 58.0 Å². The van der Waals surface area contributed by atoms with Crippen LogP contribution >= 0.6 is 12.6 Å². The summed E-state index contributed by atoms with van der Waals surface area (Å²) in [5.74, 6) is -10.2. The molecule has 0 rings (SSSR count). The first-order valence-electron chi connectivity index (χ1n) is 31.5. The lowest BCUT2D eigenvalue weighted by Crippen LogP contribution is -2.60. The summed E-state index contributed by atoms with van der Waals surface area (Å²) in [5, 5.41) is 87.8. The quantitative estimate of drug-likeness (QED) is 0.0117. The molecule has 0 saturated heterocycles. The van der Waals surface area contributed by atoms with Gasteiger partial charge in [0.05, 0.1) is 11.7 Å². The summed E-state index contributed by atoms with van der Waals surface area (Å²) in [6, 6.07) is -10.9. The number of amidine groups is 2. The van der Waals surface area contributed by atoms with Crippen molar-refractivity contribution in [3.05, 3.63) is 0 Å². The highest BCUT2D eigenvalue weighted by Gasteiger charge is 2.35. The molecule has 0 aliphatic heterocycles. The van der Waals surface area contributed by atoms with Crippen molar-refractivity contribution >= 4 is 107 Å². The van der Waals surface area contributed by atoms with Crippen LogP contribution in [0, 0.1) is 43.8 Å². The van der Waals surface area contributed by atoms with Crippen molar-refractivity contribution in [3.8, 4) is 0 Å². The molecule has 38 nitrogen and oxygen atoms in total. The van der Waals surface area contributed by atoms with Crippen LogP contribution in [0.2, 0.25) is 0 Å². The zero-order chi connectivity index (χ0) is 71.1. The van der Waals surface area contributed by atoms with Crippen molar-refractivity contribution in [1.29, 1.82) is 37.9 Å². The van der Waals surface area contributed by atoms with Crippen LogP contribution in [0.5, 0.6) is 0 Å². The second-order valence-electron chi connectivity index (χ2n) is 22.6. The predicted octanol–water partition coefficient (Wildman–Crippen LogP) is -6.26. The summed E-state index contributed by atoms with van der Waals surface area (Å²) >= 11 is 4.25. The number of nitrogens with one attached hydrogen (secondary N) is 20. The van der Waals surface area contributed by atoms with Crippen LogP contribution in [0.1, 0.15) is 148 Å². The Morgan fingerprint density at radius 3 is 0.830 bits per heavy atom. The fraction of sp³-hybridized carbons (Fsp3) is 0.709. The van der Waals surface area contributed by atoms with Crippen LogP contribution in [0.4, 0.5) is 0 Å². The molecule has 534 valence electrons. The number of amides is 9. The number of rotatable bonds is 53. The number of unbranched alkanes of at least 4 members (excludes halogenated alkanes) is 4. The Morgan fingerprint density at radius 1 is 0.309 bits per heavy atom. The van der Waals surface area contributed by atoms with Crippen molar-refractivity contribution in [2.24, 2.45) is 57.5 Å². The number of nitrogens with two attached hydrogens (primary N) is 9. The van der Waals surface area contributed by atoms with E-state index >= 15 is 0 Å². The summed E-state index contributed by atoms with van der Waals surface area (Å²) < 4.78 is 0. The van der Waals surface area contributed by atoms with Crippen LogP contribution in [-0.2, 0) is 43.2 Å². The normalized spacial score (nSPS) is 13.6. The van der Waals surface area contributed by atoms with Crippen LogP contribution in [0.3, 0.4) is 0 Å².